The number of hydrogen-bond acceptors (Lipinski definition) is 7. The van der Waals surface area contributed by atoms with Crippen molar-refractivity contribution in [2.24, 2.45) is 0 Å². The van der Waals surface area contributed by atoms with Crippen LogP contribution in [0.4, 0.5) is 8.78 Å². The van der Waals surface area contributed by atoms with Crippen molar-refractivity contribution in [1.29, 1.82) is 0 Å². The summed E-state index contributed by atoms with van der Waals surface area (Å²) in [6.07, 6.45) is 3.97. The van der Waals surface area contributed by atoms with Gasteiger partial charge in [-0.25, -0.2) is 8.78 Å². The molecule has 270 valence electrons. The molecule has 4 aromatic carbocycles. The summed E-state index contributed by atoms with van der Waals surface area (Å²) in [6.45, 7) is 4.72. The van der Waals surface area contributed by atoms with E-state index in [9.17, 15) is 13.9 Å². The molecule has 8 aromatic rings. The molecule has 0 radical (unpaired) electrons. The van der Waals surface area contributed by atoms with E-state index in [-0.39, 0.29) is 55.8 Å². The van der Waals surface area contributed by atoms with Gasteiger partial charge in [-0.05, 0) is 95.8 Å². The van der Waals surface area contributed by atoms with E-state index in [0.29, 0.717) is 19.0 Å². The van der Waals surface area contributed by atoms with E-state index in [2.05, 4.69) is 82.8 Å². The molecule has 54 heavy (non-hydrogen) atoms. The van der Waals surface area contributed by atoms with Gasteiger partial charge in [0.15, 0.2) is 22.9 Å². The number of aliphatic hydroxyl groups excluding tert-OH is 2. The van der Waals surface area contributed by atoms with Crippen LogP contribution in [0.5, 0.6) is 0 Å². The molecule has 0 spiro atoms. The Morgan fingerprint density at radius 3 is 1.39 bits per heavy atom. The molecule has 0 unspecified atom stereocenters. The largest absolute Gasteiger partial charge is 1.00 e. The van der Waals surface area contributed by atoms with E-state index < -0.39 is 0 Å². The molecule has 0 saturated heterocycles. The number of pyridine rings is 2. The van der Waals surface area contributed by atoms with Gasteiger partial charge in [0.25, 0.3) is 0 Å². The molecule has 2 N–H and O–H groups in total. The first-order chi connectivity index (χ1) is 25.8. The Hall–Kier alpha value is -5.14. The fraction of sp³-hybridized carbons (Fsp3) is 0.143. The first-order valence-electron chi connectivity index (χ1n) is 16.9. The molecule has 0 bridgehead atoms. The normalized spacial score (nSPS) is 10.6. The zero-order valence-corrected chi connectivity index (χ0v) is 32.3. The number of aryl methyl sites for hydroxylation is 2. The fourth-order valence-electron chi connectivity index (χ4n) is 5.35. The van der Waals surface area contributed by atoms with Crippen molar-refractivity contribution in [3.8, 4) is 22.3 Å². The van der Waals surface area contributed by atoms with E-state index in [1.165, 1.54) is 35.4 Å². The van der Waals surface area contributed by atoms with Crippen LogP contribution < -0.4 is 29.6 Å². The molecular weight excluding hydrogens is 697 g/mol. The van der Waals surface area contributed by atoms with Crippen LogP contribution in [-0.2, 0) is 31.2 Å². The Morgan fingerprint density at radius 2 is 0.926 bits per heavy atom. The van der Waals surface area contributed by atoms with Crippen molar-refractivity contribution in [1.82, 2.24) is 29.2 Å². The second-order valence-corrected chi connectivity index (χ2v) is 12.3. The Labute approximate surface area is 335 Å². The molecule has 9 nitrogen and oxygen atoms in total. The van der Waals surface area contributed by atoms with Crippen LogP contribution in [0.3, 0.4) is 0 Å². The molecule has 0 aliphatic carbocycles. The maximum atomic E-state index is 12.9. The summed E-state index contributed by atoms with van der Waals surface area (Å²) in [5, 5.41) is 34.0. The van der Waals surface area contributed by atoms with Crippen molar-refractivity contribution in [3.63, 3.8) is 0 Å². The molecule has 0 atom stereocenters. The predicted octanol–water partition coefficient (Wildman–Crippen LogP) is 5.19. The molecule has 4 heterocycles. The summed E-state index contributed by atoms with van der Waals surface area (Å²) in [5.41, 5.74) is 10.1. The Bertz CT molecular complexity index is 2390. The molecule has 8 rings (SSSR count). The van der Waals surface area contributed by atoms with Crippen molar-refractivity contribution < 1.29 is 54.7 Å². The van der Waals surface area contributed by atoms with Crippen molar-refractivity contribution in [3.05, 3.63) is 179 Å². The number of aromatic nitrogens is 6. The number of aliphatic hydroxyl groups is 2. The third-order valence-corrected chi connectivity index (χ3v) is 8.37. The number of halogens is 2. The minimum atomic E-state index is -0.271. The van der Waals surface area contributed by atoms with Gasteiger partial charge in [0.05, 0.1) is 13.2 Å². The van der Waals surface area contributed by atoms with Crippen LogP contribution in [0.25, 0.3) is 33.5 Å². The van der Waals surface area contributed by atoms with Gasteiger partial charge in [-0.3, -0.25) is 8.80 Å². The van der Waals surface area contributed by atoms with Crippen LogP contribution in [0, 0.1) is 25.5 Å². The summed E-state index contributed by atoms with van der Waals surface area (Å²) in [7, 11) is 0. The smallest absolute Gasteiger partial charge is 1.00 e. The SMILES string of the molecule is Cc1ccc(-c2ccc3nnc(CO)n3c2)cc1.Cc1ccc(-c2ccc3nnc(COCc4ccc(F)cc4)n3c2)cc1.OCc1ccc(F)cc1.[H-].[Na+]. The van der Waals surface area contributed by atoms with Gasteiger partial charge in [0, 0.05) is 12.4 Å². The third-order valence-electron chi connectivity index (χ3n) is 8.37. The van der Waals surface area contributed by atoms with Gasteiger partial charge in [0.2, 0.25) is 0 Å². The van der Waals surface area contributed by atoms with Gasteiger partial charge >= 0.3 is 29.6 Å². The summed E-state index contributed by atoms with van der Waals surface area (Å²) >= 11 is 0. The van der Waals surface area contributed by atoms with Crippen LogP contribution >= 0.6 is 0 Å². The number of rotatable bonds is 8. The van der Waals surface area contributed by atoms with Crippen LogP contribution in [0.1, 0.15) is 35.3 Å². The van der Waals surface area contributed by atoms with Crippen LogP contribution in [-0.4, -0.2) is 39.4 Å². The second kappa shape index (κ2) is 19.3. The monoisotopic (exact) mass is 736 g/mol. The first kappa shape index (κ1) is 40.1. The Balaban J connectivity index is 0.000000201. The summed E-state index contributed by atoms with van der Waals surface area (Å²) < 4.78 is 34.6. The number of hydrogen-bond donors (Lipinski definition) is 2. The number of ether oxygens (including phenoxy) is 1. The summed E-state index contributed by atoms with van der Waals surface area (Å²) in [6, 6.07) is 36.7. The molecule has 0 fully saturated rings. The minimum absolute atomic E-state index is 0. The van der Waals surface area contributed by atoms with E-state index in [0.717, 1.165) is 50.5 Å². The van der Waals surface area contributed by atoms with Gasteiger partial charge in [-0.15, -0.1) is 20.4 Å². The maximum absolute atomic E-state index is 12.9. The van der Waals surface area contributed by atoms with Crippen LogP contribution in [0.2, 0.25) is 0 Å². The Morgan fingerprint density at radius 1 is 0.500 bits per heavy atom. The molecule has 12 heteroatoms. The summed E-state index contributed by atoms with van der Waals surface area (Å²) in [5.74, 6) is 0.767. The van der Waals surface area contributed by atoms with Gasteiger partial charge in [-0.2, -0.15) is 0 Å². The van der Waals surface area contributed by atoms with E-state index in [1.807, 2.05) is 45.5 Å². The van der Waals surface area contributed by atoms with Gasteiger partial charge in [-0.1, -0.05) is 83.9 Å². The number of nitrogens with zero attached hydrogens (tertiary/aromatic N) is 6. The zero-order valence-electron chi connectivity index (χ0n) is 31.3. The van der Waals surface area contributed by atoms with Gasteiger partial charge in [0.1, 0.15) is 24.8 Å². The van der Waals surface area contributed by atoms with E-state index >= 15 is 0 Å². The molecule has 0 aliphatic heterocycles. The minimum Gasteiger partial charge on any atom is -1.00 e. The van der Waals surface area contributed by atoms with Crippen molar-refractivity contribution in [2.75, 3.05) is 0 Å². The second-order valence-electron chi connectivity index (χ2n) is 12.3. The molecule has 0 amide bonds. The maximum Gasteiger partial charge on any atom is 1.00 e. The summed E-state index contributed by atoms with van der Waals surface area (Å²) in [4.78, 5) is 0. The molecule has 0 saturated carbocycles. The standard InChI is InChI=1S/C21H18FN3O.C14H13N3O.C7H7FO.Na.H/c1-15-2-6-17(7-3-15)18-8-11-20-23-24-21(25(20)12-18)14-26-13-16-4-9-19(22)10-5-16;1-10-2-4-11(5-3-10)12-6-7-13-15-16-14(9-18)17(13)8-12;8-7-3-1-6(5-9)2-4-7;;/h2-12H,13-14H2,1H3;2-8,18H,9H2,1H3;1-4,9H,5H2;;/q;;;+1;-1. The molecule has 4 aromatic heterocycles. The first-order valence-corrected chi connectivity index (χ1v) is 16.9. The van der Waals surface area contributed by atoms with E-state index in [4.69, 9.17) is 9.84 Å². The number of fused-ring (bicyclic) bond motifs is 2. The molecular formula is C42H39F2N6NaO3. The fourth-order valence-corrected chi connectivity index (χ4v) is 5.35. The topological polar surface area (TPSA) is 110 Å². The van der Waals surface area contributed by atoms with Crippen LogP contribution in [0.15, 0.2) is 134 Å². The third kappa shape index (κ3) is 10.5. The van der Waals surface area contributed by atoms with Crippen molar-refractivity contribution >= 4 is 11.3 Å². The quantitative estimate of drug-likeness (QED) is 0.207. The average Bonchev–Trinajstić information content (AvgIpc) is 3.80. The Kier molecular flexibility index (Phi) is 14.3. The number of benzene rings is 4. The van der Waals surface area contributed by atoms with Crippen molar-refractivity contribution in [2.45, 2.75) is 40.3 Å². The average molecular weight is 737 g/mol. The molecule has 0 aliphatic rings. The zero-order chi connectivity index (χ0) is 37.2. The predicted molar refractivity (Wildman–Crippen MR) is 201 cm³/mol. The van der Waals surface area contributed by atoms with E-state index in [1.54, 1.807) is 24.3 Å². The van der Waals surface area contributed by atoms with Gasteiger partial charge < -0.3 is 16.4 Å².